The maximum absolute atomic E-state index is 12.4. The van der Waals surface area contributed by atoms with Gasteiger partial charge in [0.2, 0.25) is 5.95 Å². The molecule has 250 valence electrons. The highest BCUT2D eigenvalue weighted by Gasteiger charge is 2.18. The first kappa shape index (κ1) is 37.2. The first-order valence-electron chi connectivity index (χ1n) is 17.1. The minimum Gasteiger partial charge on any atom is -0.463 e. The average molecular weight is 620 g/mol. The number of anilines is 1. The second-order valence-corrected chi connectivity index (χ2v) is 11.8. The number of nitrogens with two attached hydrogens (primary N) is 1. The van der Waals surface area contributed by atoms with Crippen LogP contribution in [0.1, 0.15) is 142 Å². The molecule has 3 N–H and O–H groups in total. The number of aromatic amines is 1. The van der Waals surface area contributed by atoms with E-state index in [4.69, 9.17) is 19.9 Å². The molecule has 0 saturated heterocycles. The van der Waals surface area contributed by atoms with E-state index in [9.17, 15) is 14.4 Å². The molecule has 11 nitrogen and oxygen atoms in total. The number of esters is 2. The van der Waals surface area contributed by atoms with E-state index in [1.165, 1.54) is 87.9 Å². The summed E-state index contributed by atoms with van der Waals surface area (Å²) >= 11 is 0. The average Bonchev–Trinajstić information content (AvgIpc) is 3.42. The van der Waals surface area contributed by atoms with Crippen LogP contribution >= 0.6 is 0 Å². The number of carbonyl (C=O) groups excluding carboxylic acids is 2. The van der Waals surface area contributed by atoms with Crippen LogP contribution in [0.15, 0.2) is 11.1 Å². The third kappa shape index (κ3) is 16.2. The van der Waals surface area contributed by atoms with Crippen molar-refractivity contribution in [2.45, 2.75) is 155 Å². The molecule has 2 heterocycles. The fourth-order valence-electron chi connectivity index (χ4n) is 5.07. The van der Waals surface area contributed by atoms with Gasteiger partial charge >= 0.3 is 11.9 Å². The van der Waals surface area contributed by atoms with Crippen molar-refractivity contribution in [3.8, 4) is 0 Å². The molecule has 2 aromatic rings. The summed E-state index contributed by atoms with van der Waals surface area (Å²) in [6.45, 7) is 4.30. The Hall–Kier alpha value is -2.95. The zero-order valence-electron chi connectivity index (χ0n) is 27.3. The van der Waals surface area contributed by atoms with Crippen LogP contribution in [0.2, 0.25) is 0 Å². The van der Waals surface area contributed by atoms with E-state index in [1.807, 2.05) is 0 Å². The lowest BCUT2D eigenvalue weighted by molar-refractivity contribution is -0.157. The van der Waals surface area contributed by atoms with Gasteiger partial charge in [-0.25, -0.2) is 4.98 Å². The van der Waals surface area contributed by atoms with Crippen molar-refractivity contribution in [3.05, 3.63) is 16.7 Å². The van der Waals surface area contributed by atoms with Gasteiger partial charge in [-0.2, -0.15) is 4.98 Å². The van der Waals surface area contributed by atoms with E-state index in [0.717, 1.165) is 38.5 Å². The number of nitrogen functional groups attached to an aromatic ring is 1. The SMILES string of the molecule is CCCCCCCCCCCC(=O)OCC(COC(=O)CCCCCCCCCCC)OCn1cnc2c(=O)[nH]c(N)nc21. The number of imidazole rings is 1. The van der Waals surface area contributed by atoms with Crippen molar-refractivity contribution in [2.75, 3.05) is 18.9 Å². The molecule has 0 spiro atoms. The molecule has 11 heteroatoms. The molecule has 2 aromatic heterocycles. The molecule has 0 aliphatic heterocycles. The predicted octanol–water partition coefficient (Wildman–Crippen LogP) is 6.97. The smallest absolute Gasteiger partial charge is 0.305 e. The van der Waals surface area contributed by atoms with Crippen molar-refractivity contribution in [2.24, 2.45) is 0 Å². The van der Waals surface area contributed by atoms with E-state index in [1.54, 1.807) is 0 Å². The number of carbonyl (C=O) groups is 2. The predicted molar refractivity (Wildman–Crippen MR) is 173 cm³/mol. The molecular weight excluding hydrogens is 562 g/mol. The molecule has 0 unspecified atom stereocenters. The lowest BCUT2D eigenvalue weighted by atomic mass is 10.1. The summed E-state index contributed by atoms with van der Waals surface area (Å²) in [5, 5.41) is 0. The van der Waals surface area contributed by atoms with Gasteiger partial charge in [-0.15, -0.1) is 0 Å². The Kier molecular flexibility index (Phi) is 19.8. The highest BCUT2D eigenvalue weighted by atomic mass is 16.6. The normalized spacial score (nSPS) is 11.4. The zero-order chi connectivity index (χ0) is 31.8. The molecule has 0 saturated carbocycles. The highest BCUT2D eigenvalue weighted by Crippen LogP contribution is 2.13. The number of ether oxygens (including phenoxy) is 3. The summed E-state index contributed by atoms with van der Waals surface area (Å²) in [4.78, 5) is 47.6. The maximum Gasteiger partial charge on any atom is 0.305 e. The molecule has 0 amide bonds. The molecule has 0 fully saturated rings. The summed E-state index contributed by atoms with van der Waals surface area (Å²) in [6, 6.07) is 0. The Morgan fingerprint density at radius 2 is 1.23 bits per heavy atom. The Balaban J connectivity index is 1.76. The van der Waals surface area contributed by atoms with Gasteiger partial charge in [-0.3, -0.25) is 23.9 Å². The molecule has 0 radical (unpaired) electrons. The number of unbranched alkanes of at least 4 members (excludes halogenated alkanes) is 16. The third-order valence-electron chi connectivity index (χ3n) is 7.77. The standard InChI is InChI=1S/C33H57N5O6/c1-3-5-7-9-11-13-15-17-19-21-28(39)42-23-27(24-43-29(40)22-20-18-16-14-12-10-8-6-4-2)44-26-38-25-35-30-31(38)36-33(34)37-32(30)41/h25,27H,3-24,26H2,1-2H3,(H3,34,36,37,41). The first-order valence-corrected chi connectivity index (χ1v) is 17.1. The van der Waals surface area contributed by atoms with Crippen LogP contribution < -0.4 is 11.3 Å². The first-order chi connectivity index (χ1) is 21.4. The number of nitrogens with zero attached hydrogens (tertiary/aromatic N) is 3. The molecule has 0 aliphatic carbocycles. The number of hydrogen-bond acceptors (Lipinski definition) is 9. The van der Waals surface area contributed by atoms with Crippen LogP contribution in [0.3, 0.4) is 0 Å². The molecule has 0 aromatic carbocycles. The summed E-state index contributed by atoms with van der Waals surface area (Å²) in [6.07, 6.45) is 22.5. The third-order valence-corrected chi connectivity index (χ3v) is 7.77. The second kappa shape index (κ2) is 23.4. The largest absolute Gasteiger partial charge is 0.463 e. The van der Waals surface area contributed by atoms with Crippen molar-refractivity contribution in [1.82, 2.24) is 19.5 Å². The number of fused-ring (bicyclic) bond motifs is 1. The van der Waals surface area contributed by atoms with Gasteiger partial charge in [0.1, 0.15) is 26.0 Å². The van der Waals surface area contributed by atoms with Crippen molar-refractivity contribution < 1.29 is 23.8 Å². The van der Waals surface area contributed by atoms with Crippen molar-refractivity contribution in [3.63, 3.8) is 0 Å². The van der Waals surface area contributed by atoms with E-state index in [2.05, 4.69) is 28.8 Å². The number of H-pyrrole nitrogens is 1. The van der Waals surface area contributed by atoms with Crippen LogP contribution in [-0.2, 0) is 30.5 Å². The van der Waals surface area contributed by atoms with Crippen LogP contribution in [0.5, 0.6) is 0 Å². The van der Waals surface area contributed by atoms with Gasteiger partial charge in [0.25, 0.3) is 5.56 Å². The lowest BCUT2D eigenvalue weighted by Crippen LogP contribution is -2.29. The Morgan fingerprint density at radius 1 is 0.773 bits per heavy atom. The fraction of sp³-hybridized carbons (Fsp3) is 0.788. The lowest BCUT2D eigenvalue weighted by Gasteiger charge is -2.18. The van der Waals surface area contributed by atoms with Crippen molar-refractivity contribution in [1.29, 1.82) is 0 Å². The highest BCUT2D eigenvalue weighted by molar-refractivity contribution is 5.70. The minimum atomic E-state index is -0.689. The number of hydrogen-bond donors (Lipinski definition) is 2. The summed E-state index contributed by atoms with van der Waals surface area (Å²) < 4.78 is 18.5. The quantitative estimate of drug-likeness (QED) is 0.0797. The van der Waals surface area contributed by atoms with E-state index in [0.29, 0.717) is 12.8 Å². The molecule has 0 aliphatic rings. The molecule has 0 atom stereocenters. The summed E-state index contributed by atoms with van der Waals surface area (Å²) in [7, 11) is 0. The van der Waals surface area contributed by atoms with Gasteiger partial charge in [-0.05, 0) is 12.8 Å². The van der Waals surface area contributed by atoms with Gasteiger partial charge in [-0.1, -0.05) is 117 Å². The van der Waals surface area contributed by atoms with Crippen LogP contribution in [0.25, 0.3) is 11.2 Å². The monoisotopic (exact) mass is 619 g/mol. The van der Waals surface area contributed by atoms with Crippen LogP contribution in [0, 0.1) is 0 Å². The van der Waals surface area contributed by atoms with Crippen LogP contribution in [-0.4, -0.2) is 50.8 Å². The van der Waals surface area contributed by atoms with Gasteiger partial charge in [0.05, 0.1) is 6.33 Å². The minimum absolute atomic E-state index is 0.0309. The van der Waals surface area contributed by atoms with E-state index >= 15 is 0 Å². The molecular formula is C33H57N5O6. The van der Waals surface area contributed by atoms with E-state index < -0.39 is 11.7 Å². The van der Waals surface area contributed by atoms with Gasteiger partial charge < -0.3 is 19.9 Å². The Labute approximate surface area is 263 Å². The van der Waals surface area contributed by atoms with Gasteiger partial charge in [0, 0.05) is 12.8 Å². The van der Waals surface area contributed by atoms with Gasteiger partial charge in [0.15, 0.2) is 11.2 Å². The topological polar surface area (TPSA) is 151 Å². The number of aromatic nitrogens is 4. The Bertz CT molecular complexity index is 1080. The molecule has 44 heavy (non-hydrogen) atoms. The van der Waals surface area contributed by atoms with Crippen LogP contribution in [0.4, 0.5) is 5.95 Å². The number of rotatable bonds is 27. The number of nitrogens with one attached hydrogen (secondary N) is 1. The summed E-state index contributed by atoms with van der Waals surface area (Å²) in [5.74, 6) is -0.620. The second-order valence-electron chi connectivity index (χ2n) is 11.8. The Morgan fingerprint density at radius 3 is 1.70 bits per heavy atom. The fourth-order valence-corrected chi connectivity index (χ4v) is 5.07. The van der Waals surface area contributed by atoms with Crippen molar-refractivity contribution >= 4 is 29.1 Å². The molecule has 0 bridgehead atoms. The maximum atomic E-state index is 12.4. The molecule has 2 rings (SSSR count). The van der Waals surface area contributed by atoms with E-state index in [-0.39, 0.29) is 49.0 Å². The zero-order valence-corrected chi connectivity index (χ0v) is 27.3. The summed E-state index contributed by atoms with van der Waals surface area (Å²) in [5.41, 5.74) is 5.65.